The number of anilines is 3. The smallest absolute Gasteiger partial charge is 0.337 e. The molecule has 0 saturated carbocycles. The van der Waals surface area contributed by atoms with Gasteiger partial charge in [-0.15, -0.1) is 0 Å². The highest BCUT2D eigenvalue weighted by Gasteiger charge is 2.32. The van der Waals surface area contributed by atoms with Crippen LogP contribution < -0.4 is 20.4 Å². The van der Waals surface area contributed by atoms with E-state index in [0.29, 0.717) is 11.3 Å². The van der Waals surface area contributed by atoms with E-state index in [2.05, 4.69) is 25.5 Å². The molecule has 0 bridgehead atoms. The summed E-state index contributed by atoms with van der Waals surface area (Å²) in [6.07, 6.45) is 4.59. The third-order valence-corrected chi connectivity index (χ3v) is 5.79. The minimum Gasteiger partial charge on any atom is -0.465 e. The van der Waals surface area contributed by atoms with Gasteiger partial charge in [0.1, 0.15) is 0 Å². The standard InChI is InChI=1S/C23H22N6O5/c1-33-23(32)14-2-3-15-13-29(22(31)16(15)10-14)19-12-26-21(34-19)20(30)27-17-11-25-5-4-18(17)28-8-6-24-7-9-28/h2-5,10-12,24H,6-9,13H2,1H3,(H,27,30). The Morgan fingerprint density at radius 2 is 2.00 bits per heavy atom. The summed E-state index contributed by atoms with van der Waals surface area (Å²) in [5, 5.41) is 6.11. The van der Waals surface area contributed by atoms with E-state index >= 15 is 0 Å². The first kappa shape index (κ1) is 21.6. The largest absolute Gasteiger partial charge is 0.465 e. The first-order valence-corrected chi connectivity index (χ1v) is 10.7. The molecule has 2 amide bonds. The van der Waals surface area contributed by atoms with E-state index < -0.39 is 11.9 Å². The lowest BCUT2D eigenvalue weighted by Crippen LogP contribution is -2.43. The summed E-state index contributed by atoms with van der Waals surface area (Å²) in [6, 6.07) is 6.65. The van der Waals surface area contributed by atoms with Crippen LogP contribution in [-0.4, -0.2) is 61.0 Å². The van der Waals surface area contributed by atoms with Crippen LogP contribution in [-0.2, 0) is 11.3 Å². The Bertz CT molecular complexity index is 1270. The number of methoxy groups -OCH3 is 1. The Hall–Kier alpha value is -4.25. The minimum atomic E-state index is -0.548. The predicted octanol–water partition coefficient (Wildman–Crippen LogP) is 1.68. The lowest BCUT2D eigenvalue weighted by Gasteiger charge is -2.30. The molecule has 11 nitrogen and oxygen atoms in total. The van der Waals surface area contributed by atoms with Gasteiger partial charge in [-0.25, -0.2) is 9.78 Å². The molecule has 2 aliphatic rings. The number of ether oxygens (including phenoxy) is 1. The lowest BCUT2D eigenvalue weighted by atomic mass is 10.1. The topological polar surface area (TPSA) is 130 Å². The van der Waals surface area contributed by atoms with Gasteiger partial charge in [-0.05, 0) is 23.8 Å². The Balaban J connectivity index is 1.32. The van der Waals surface area contributed by atoms with E-state index in [0.717, 1.165) is 37.4 Å². The van der Waals surface area contributed by atoms with Crippen molar-refractivity contribution in [3.63, 3.8) is 0 Å². The van der Waals surface area contributed by atoms with Crippen LogP contribution in [0.4, 0.5) is 17.3 Å². The maximum absolute atomic E-state index is 12.9. The first-order valence-electron chi connectivity index (χ1n) is 10.7. The number of esters is 1. The number of benzene rings is 1. The molecule has 4 heterocycles. The summed E-state index contributed by atoms with van der Waals surface area (Å²) in [5.74, 6) is -1.46. The highest BCUT2D eigenvalue weighted by Crippen LogP contribution is 2.30. The number of aromatic nitrogens is 2. The zero-order chi connectivity index (χ0) is 23.7. The second-order valence-corrected chi connectivity index (χ2v) is 7.84. The molecule has 0 spiro atoms. The molecule has 11 heteroatoms. The fourth-order valence-corrected chi connectivity index (χ4v) is 4.06. The number of nitrogens with one attached hydrogen (secondary N) is 2. The number of hydrogen-bond acceptors (Lipinski definition) is 9. The van der Waals surface area contributed by atoms with Crippen LogP contribution in [0.3, 0.4) is 0 Å². The molecule has 0 radical (unpaired) electrons. The Morgan fingerprint density at radius 3 is 2.79 bits per heavy atom. The molecule has 1 aromatic carbocycles. The molecule has 1 fully saturated rings. The van der Waals surface area contributed by atoms with Crippen molar-refractivity contribution < 1.29 is 23.5 Å². The maximum atomic E-state index is 12.9. The zero-order valence-corrected chi connectivity index (χ0v) is 18.4. The number of nitrogens with zero attached hydrogens (tertiary/aromatic N) is 4. The van der Waals surface area contributed by atoms with Crippen molar-refractivity contribution in [2.45, 2.75) is 6.54 Å². The van der Waals surface area contributed by atoms with Crippen molar-refractivity contribution in [1.29, 1.82) is 0 Å². The van der Waals surface area contributed by atoms with E-state index in [4.69, 9.17) is 9.15 Å². The normalized spacial score (nSPS) is 15.3. The third-order valence-electron chi connectivity index (χ3n) is 5.79. The number of pyridine rings is 1. The van der Waals surface area contributed by atoms with Crippen molar-refractivity contribution >= 4 is 35.0 Å². The van der Waals surface area contributed by atoms with E-state index in [1.807, 2.05) is 6.07 Å². The average Bonchev–Trinajstić information content (AvgIpc) is 3.49. The monoisotopic (exact) mass is 462 g/mol. The van der Waals surface area contributed by atoms with Gasteiger partial charge in [-0.3, -0.25) is 19.5 Å². The fraction of sp³-hybridized carbons (Fsp3) is 0.261. The Kier molecular flexibility index (Phi) is 5.68. The van der Waals surface area contributed by atoms with Gasteiger partial charge >= 0.3 is 11.9 Å². The van der Waals surface area contributed by atoms with Gasteiger partial charge in [0.25, 0.3) is 11.8 Å². The van der Waals surface area contributed by atoms with E-state index in [-0.39, 0.29) is 29.8 Å². The SMILES string of the molecule is COC(=O)c1ccc2c(c1)C(=O)N(c1cnc(C(=O)Nc3cnccc3N3CCNCC3)o1)C2. The van der Waals surface area contributed by atoms with Crippen molar-refractivity contribution in [1.82, 2.24) is 15.3 Å². The second kappa shape index (κ2) is 8.94. The Morgan fingerprint density at radius 1 is 1.18 bits per heavy atom. The van der Waals surface area contributed by atoms with Crippen LogP contribution in [0.5, 0.6) is 0 Å². The van der Waals surface area contributed by atoms with Crippen LogP contribution in [0.1, 0.15) is 37.0 Å². The van der Waals surface area contributed by atoms with E-state index in [1.54, 1.807) is 24.5 Å². The molecule has 0 atom stereocenters. The number of carbonyl (C=O) groups excluding carboxylic acids is 3. The molecular formula is C23H22N6O5. The number of amides is 2. The van der Waals surface area contributed by atoms with Crippen LogP contribution in [0.2, 0.25) is 0 Å². The van der Waals surface area contributed by atoms with Crippen LogP contribution in [0.15, 0.2) is 47.3 Å². The summed E-state index contributed by atoms with van der Waals surface area (Å²) in [5.41, 5.74) is 2.81. The van der Waals surface area contributed by atoms with Gasteiger partial charge in [-0.2, -0.15) is 0 Å². The number of piperazine rings is 1. The summed E-state index contributed by atoms with van der Waals surface area (Å²) >= 11 is 0. The molecule has 174 valence electrons. The third kappa shape index (κ3) is 3.97. The Labute approximate surface area is 194 Å². The van der Waals surface area contributed by atoms with Gasteiger partial charge < -0.3 is 24.7 Å². The highest BCUT2D eigenvalue weighted by molar-refractivity contribution is 6.10. The van der Waals surface area contributed by atoms with Crippen molar-refractivity contribution in [3.8, 4) is 0 Å². The van der Waals surface area contributed by atoms with Crippen molar-refractivity contribution in [3.05, 3.63) is 65.4 Å². The van der Waals surface area contributed by atoms with Gasteiger partial charge in [0.2, 0.25) is 5.88 Å². The summed E-state index contributed by atoms with van der Waals surface area (Å²) in [7, 11) is 1.28. The second-order valence-electron chi connectivity index (χ2n) is 7.84. The molecule has 2 aromatic heterocycles. The van der Waals surface area contributed by atoms with E-state index in [9.17, 15) is 14.4 Å². The van der Waals surface area contributed by atoms with Gasteiger partial charge in [0.15, 0.2) is 0 Å². The molecule has 2 aliphatic heterocycles. The highest BCUT2D eigenvalue weighted by atomic mass is 16.5. The molecule has 0 unspecified atom stereocenters. The molecule has 5 rings (SSSR count). The molecule has 3 aromatic rings. The number of carbonyl (C=O) groups is 3. The minimum absolute atomic E-state index is 0.138. The average molecular weight is 462 g/mol. The van der Waals surface area contributed by atoms with Crippen LogP contribution >= 0.6 is 0 Å². The predicted molar refractivity (Wildman–Crippen MR) is 122 cm³/mol. The van der Waals surface area contributed by atoms with Gasteiger partial charge in [0.05, 0.1) is 43.0 Å². The van der Waals surface area contributed by atoms with Crippen LogP contribution in [0, 0.1) is 0 Å². The van der Waals surface area contributed by atoms with Gasteiger partial charge in [-0.1, -0.05) is 6.07 Å². The summed E-state index contributed by atoms with van der Waals surface area (Å²) < 4.78 is 10.4. The van der Waals surface area contributed by atoms with Gasteiger partial charge in [0, 0.05) is 37.9 Å². The lowest BCUT2D eigenvalue weighted by molar-refractivity contribution is 0.0600. The molecular weight excluding hydrogens is 440 g/mol. The van der Waals surface area contributed by atoms with Crippen molar-refractivity contribution in [2.24, 2.45) is 0 Å². The molecule has 2 N–H and O–H groups in total. The molecule has 0 aliphatic carbocycles. The molecule has 1 saturated heterocycles. The molecule has 34 heavy (non-hydrogen) atoms. The number of hydrogen-bond donors (Lipinski definition) is 2. The zero-order valence-electron chi connectivity index (χ0n) is 18.4. The number of rotatable bonds is 5. The number of oxazole rings is 1. The van der Waals surface area contributed by atoms with Crippen LogP contribution in [0.25, 0.3) is 0 Å². The van der Waals surface area contributed by atoms with E-state index in [1.165, 1.54) is 24.3 Å². The fourth-order valence-electron chi connectivity index (χ4n) is 4.06. The maximum Gasteiger partial charge on any atom is 0.337 e. The van der Waals surface area contributed by atoms with Crippen molar-refractivity contribution in [2.75, 3.05) is 48.4 Å². The quantitative estimate of drug-likeness (QED) is 0.544. The summed E-state index contributed by atoms with van der Waals surface area (Å²) in [6.45, 7) is 3.57. The summed E-state index contributed by atoms with van der Waals surface area (Å²) in [4.78, 5) is 49.3. The first-order chi connectivity index (χ1) is 16.5. The number of fused-ring (bicyclic) bond motifs is 1.